The third kappa shape index (κ3) is 1.16. The molecular weight excluding hydrogens is 218 g/mol. The molecule has 2 aliphatic rings. The van der Waals surface area contributed by atoms with Crippen LogP contribution in [0.5, 0.6) is 0 Å². The number of rotatable bonds is 1. The van der Waals surface area contributed by atoms with E-state index in [0.29, 0.717) is 5.56 Å². The van der Waals surface area contributed by atoms with Crippen molar-refractivity contribution in [3.05, 3.63) is 29.8 Å². The highest BCUT2D eigenvalue weighted by atomic mass is 16.5. The standard InChI is InChI=1S/C13H13NO3/c1-7-10-12(17-2)13(16)14(10)9-6-4-3-5-8(9)11(7)15/h3-7,10,12H,1-2H3/t7-,10+,12-/m0/s1. The number of hydrogen-bond acceptors (Lipinski definition) is 3. The fraction of sp³-hybridized carbons (Fsp3) is 0.385. The predicted octanol–water partition coefficient (Wildman–Crippen LogP) is 1.25. The van der Waals surface area contributed by atoms with E-state index in [1.165, 1.54) is 7.11 Å². The topological polar surface area (TPSA) is 46.6 Å². The minimum atomic E-state index is -0.470. The number of Topliss-reactive ketones (excluding diaryl/α,β-unsaturated/α-hetero) is 1. The summed E-state index contributed by atoms with van der Waals surface area (Å²) in [6.07, 6.45) is -0.470. The van der Waals surface area contributed by atoms with E-state index in [0.717, 1.165) is 5.69 Å². The Hall–Kier alpha value is -1.68. The van der Waals surface area contributed by atoms with Crippen LogP contribution in [0, 0.1) is 5.92 Å². The summed E-state index contributed by atoms with van der Waals surface area (Å²) < 4.78 is 5.16. The van der Waals surface area contributed by atoms with Crippen LogP contribution >= 0.6 is 0 Å². The van der Waals surface area contributed by atoms with Gasteiger partial charge in [-0.05, 0) is 12.1 Å². The Kier molecular flexibility index (Phi) is 2.10. The van der Waals surface area contributed by atoms with E-state index in [9.17, 15) is 9.59 Å². The van der Waals surface area contributed by atoms with Gasteiger partial charge in [0.15, 0.2) is 11.9 Å². The van der Waals surface area contributed by atoms with Gasteiger partial charge in [-0.3, -0.25) is 9.59 Å². The Bertz CT molecular complexity index is 511. The normalized spacial score (nSPS) is 30.7. The molecule has 17 heavy (non-hydrogen) atoms. The highest BCUT2D eigenvalue weighted by Gasteiger charge is 2.56. The van der Waals surface area contributed by atoms with Crippen molar-refractivity contribution in [1.29, 1.82) is 0 Å². The molecule has 0 saturated carbocycles. The first-order valence-corrected chi connectivity index (χ1v) is 5.66. The van der Waals surface area contributed by atoms with Gasteiger partial charge in [0, 0.05) is 18.6 Å². The fourth-order valence-corrected chi connectivity index (χ4v) is 2.78. The number of benzene rings is 1. The number of carbonyl (C=O) groups is 2. The summed E-state index contributed by atoms with van der Waals surface area (Å²) >= 11 is 0. The molecule has 2 aliphatic heterocycles. The van der Waals surface area contributed by atoms with Gasteiger partial charge in [-0.2, -0.15) is 0 Å². The van der Waals surface area contributed by atoms with Gasteiger partial charge in [-0.25, -0.2) is 0 Å². The van der Waals surface area contributed by atoms with Crippen LogP contribution in [0.3, 0.4) is 0 Å². The van der Waals surface area contributed by atoms with E-state index in [1.54, 1.807) is 11.0 Å². The second-order valence-corrected chi connectivity index (χ2v) is 4.53. The van der Waals surface area contributed by atoms with Crippen molar-refractivity contribution in [2.24, 2.45) is 5.92 Å². The maximum absolute atomic E-state index is 12.2. The summed E-state index contributed by atoms with van der Waals surface area (Å²) in [6, 6.07) is 7.11. The van der Waals surface area contributed by atoms with Gasteiger partial charge in [0.05, 0.1) is 11.7 Å². The van der Waals surface area contributed by atoms with Crippen molar-refractivity contribution in [2.75, 3.05) is 12.0 Å². The zero-order chi connectivity index (χ0) is 12.2. The minimum Gasteiger partial charge on any atom is -0.369 e. The predicted molar refractivity (Wildman–Crippen MR) is 62.0 cm³/mol. The molecule has 88 valence electrons. The third-order valence-electron chi connectivity index (χ3n) is 3.70. The Morgan fingerprint density at radius 1 is 1.24 bits per heavy atom. The number of nitrogens with zero attached hydrogens (tertiary/aromatic N) is 1. The summed E-state index contributed by atoms with van der Waals surface area (Å²) in [5, 5.41) is 0. The molecule has 3 atom stereocenters. The van der Waals surface area contributed by atoms with Gasteiger partial charge in [-0.15, -0.1) is 0 Å². The van der Waals surface area contributed by atoms with Crippen molar-refractivity contribution >= 4 is 17.4 Å². The Balaban J connectivity index is 2.12. The number of amides is 1. The Morgan fingerprint density at radius 2 is 1.94 bits per heavy atom. The number of fused-ring (bicyclic) bond motifs is 3. The lowest BCUT2D eigenvalue weighted by molar-refractivity contribution is -0.140. The number of methoxy groups -OCH3 is 1. The second kappa shape index (κ2) is 3.40. The van der Waals surface area contributed by atoms with Crippen molar-refractivity contribution < 1.29 is 14.3 Å². The van der Waals surface area contributed by atoms with Crippen LogP contribution < -0.4 is 4.90 Å². The number of para-hydroxylation sites is 1. The molecule has 0 spiro atoms. The van der Waals surface area contributed by atoms with E-state index in [2.05, 4.69) is 0 Å². The number of hydrogen-bond donors (Lipinski definition) is 0. The van der Waals surface area contributed by atoms with Crippen LogP contribution in [0.1, 0.15) is 17.3 Å². The first-order valence-electron chi connectivity index (χ1n) is 5.66. The van der Waals surface area contributed by atoms with Crippen molar-refractivity contribution in [3.63, 3.8) is 0 Å². The van der Waals surface area contributed by atoms with E-state index >= 15 is 0 Å². The minimum absolute atomic E-state index is 0.0516. The maximum atomic E-state index is 12.2. The van der Waals surface area contributed by atoms with Crippen LogP contribution in [-0.4, -0.2) is 30.9 Å². The van der Waals surface area contributed by atoms with Crippen molar-refractivity contribution in [2.45, 2.75) is 19.1 Å². The van der Waals surface area contributed by atoms with Gasteiger partial charge in [0.2, 0.25) is 0 Å². The first-order chi connectivity index (χ1) is 8.16. The van der Waals surface area contributed by atoms with Crippen LogP contribution in [-0.2, 0) is 9.53 Å². The van der Waals surface area contributed by atoms with Gasteiger partial charge < -0.3 is 9.64 Å². The molecule has 1 aromatic carbocycles. The lowest BCUT2D eigenvalue weighted by Gasteiger charge is -2.51. The summed E-state index contributed by atoms with van der Waals surface area (Å²) in [5.74, 6) is -0.159. The number of ketones is 1. The molecule has 0 N–H and O–H groups in total. The lowest BCUT2D eigenvalue weighted by atomic mass is 9.77. The molecular formula is C13H13NO3. The summed E-state index contributed by atoms with van der Waals surface area (Å²) in [7, 11) is 1.51. The summed E-state index contributed by atoms with van der Waals surface area (Å²) in [4.78, 5) is 25.8. The lowest BCUT2D eigenvalue weighted by Crippen LogP contribution is -2.71. The summed E-state index contributed by atoms with van der Waals surface area (Å²) in [5.41, 5.74) is 1.36. The van der Waals surface area contributed by atoms with Crippen molar-refractivity contribution in [3.8, 4) is 0 Å². The number of anilines is 1. The number of ether oxygens (including phenoxy) is 1. The van der Waals surface area contributed by atoms with Gasteiger partial charge in [0.1, 0.15) is 0 Å². The van der Waals surface area contributed by atoms with Gasteiger partial charge in [-0.1, -0.05) is 19.1 Å². The van der Waals surface area contributed by atoms with Crippen molar-refractivity contribution in [1.82, 2.24) is 0 Å². The molecule has 0 bridgehead atoms. The Morgan fingerprint density at radius 3 is 2.65 bits per heavy atom. The quantitative estimate of drug-likeness (QED) is 0.683. The van der Waals surface area contributed by atoms with E-state index in [-0.39, 0.29) is 23.7 Å². The molecule has 0 aliphatic carbocycles. The smallest absolute Gasteiger partial charge is 0.258 e. The van der Waals surface area contributed by atoms with Gasteiger partial charge >= 0.3 is 0 Å². The fourth-order valence-electron chi connectivity index (χ4n) is 2.78. The molecule has 0 unspecified atom stereocenters. The Labute approximate surface area is 99.2 Å². The summed E-state index contributed by atoms with van der Waals surface area (Å²) in [6.45, 7) is 1.86. The molecule has 1 aromatic rings. The molecule has 4 heteroatoms. The van der Waals surface area contributed by atoms with Gasteiger partial charge in [0.25, 0.3) is 5.91 Å². The van der Waals surface area contributed by atoms with E-state index in [4.69, 9.17) is 4.74 Å². The number of carbonyl (C=O) groups excluding carboxylic acids is 2. The average molecular weight is 231 g/mol. The molecule has 4 nitrogen and oxygen atoms in total. The molecule has 0 radical (unpaired) electrons. The van der Waals surface area contributed by atoms with Crippen LogP contribution in [0.25, 0.3) is 0 Å². The van der Waals surface area contributed by atoms with E-state index < -0.39 is 6.10 Å². The maximum Gasteiger partial charge on any atom is 0.258 e. The highest BCUT2D eigenvalue weighted by Crippen LogP contribution is 2.41. The molecule has 3 rings (SSSR count). The second-order valence-electron chi connectivity index (χ2n) is 4.53. The van der Waals surface area contributed by atoms with Crippen LogP contribution in [0.15, 0.2) is 24.3 Å². The molecule has 1 saturated heterocycles. The zero-order valence-electron chi connectivity index (χ0n) is 9.71. The van der Waals surface area contributed by atoms with E-state index in [1.807, 2.05) is 25.1 Å². The molecule has 2 heterocycles. The first kappa shape index (κ1) is 10.5. The van der Waals surface area contributed by atoms with Crippen LogP contribution in [0.4, 0.5) is 5.69 Å². The monoisotopic (exact) mass is 231 g/mol. The molecule has 0 aromatic heterocycles. The highest BCUT2D eigenvalue weighted by molar-refractivity contribution is 6.16. The zero-order valence-corrected chi connectivity index (χ0v) is 9.71. The third-order valence-corrected chi connectivity index (χ3v) is 3.70. The molecule has 1 amide bonds. The number of β-lactam (4-membered cyclic amide) rings is 1. The largest absolute Gasteiger partial charge is 0.369 e. The average Bonchev–Trinajstić information content (AvgIpc) is 2.34. The molecule has 1 fully saturated rings. The van der Waals surface area contributed by atoms with Crippen LogP contribution in [0.2, 0.25) is 0 Å². The SMILES string of the molecule is CO[C@@H]1C(=O)N2c3ccccc3C(=O)[C@@H](C)[C@H]12.